The number of aliphatic hydroxyl groups is 1. The van der Waals surface area contributed by atoms with E-state index in [9.17, 15) is 24.2 Å². The molecule has 0 aliphatic carbocycles. The van der Waals surface area contributed by atoms with Crippen LogP contribution in [0.3, 0.4) is 0 Å². The molecule has 2 atom stereocenters. The Bertz CT molecular complexity index is 1720. The van der Waals surface area contributed by atoms with Crippen LogP contribution in [0.2, 0.25) is 5.02 Å². The van der Waals surface area contributed by atoms with E-state index in [2.05, 4.69) is 25.7 Å². The molecule has 232 valence electrons. The van der Waals surface area contributed by atoms with Crippen molar-refractivity contribution in [3.05, 3.63) is 59.0 Å². The highest BCUT2D eigenvalue weighted by atomic mass is 35.5. The number of nitrogens with one attached hydrogen (secondary N) is 2. The molecule has 2 aromatic heterocycles. The molecule has 1 fully saturated rings. The number of benzene rings is 2. The van der Waals surface area contributed by atoms with Crippen LogP contribution in [0.15, 0.2) is 36.7 Å². The second-order valence-corrected chi connectivity index (χ2v) is 10.3. The Hall–Kier alpha value is -4.60. The van der Waals surface area contributed by atoms with E-state index in [4.69, 9.17) is 21.1 Å². The summed E-state index contributed by atoms with van der Waals surface area (Å²) < 4.78 is 42.4. The van der Waals surface area contributed by atoms with Crippen molar-refractivity contribution < 1.29 is 38.1 Å². The number of hydrogen-bond donors (Lipinski definition) is 4. The van der Waals surface area contributed by atoms with Crippen LogP contribution in [0.25, 0.3) is 22.3 Å². The first-order chi connectivity index (χ1) is 21.2. The minimum absolute atomic E-state index is 0.0207. The fourth-order valence-corrected chi connectivity index (χ4v) is 5.47. The zero-order chi connectivity index (χ0) is 31.5. The lowest BCUT2D eigenvalue weighted by Crippen LogP contribution is -2.37. The van der Waals surface area contributed by atoms with E-state index in [1.807, 2.05) is 0 Å². The van der Waals surface area contributed by atoms with Gasteiger partial charge in [0, 0.05) is 31.3 Å². The molecular formula is C28H28ClF2N7O6. The van der Waals surface area contributed by atoms with E-state index in [-0.39, 0.29) is 71.8 Å². The van der Waals surface area contributed by atoms with E-state index in [1.165, 1.54) is 49.5 Å². The third-order valence-corrected chi connectivity index (χ3v) is 7.52. The Morgan fingerprint density at radius 2 is 2.02 bits per heavy atom. The number of carboxylic acid groups (broad SMARTS) is 1. The minimum Gasteiger partial charge on any atom is -0.496 e. The number of aliphatic hydroxyl groups excluding tert-OH is 1. The first-order valence-electron chi connectivity index (χ1n) is 13.4. The quantitative estimate of drug-likeness (QED) is 0.203. The summed E-state index contributed by atoms with van der Waals surface area (Å²) in [5.41, 5.74) is 0.154. The number of fused-ring (bicyclic) bond motifs is 1. The summed E-state index contributed by atoms with van der Waals surface area (Å²) in [4.78, 5) is 34.9. The lowest BCUT2D eigenvalue weighted by atomic mass is 10.1. The van der Waals surface area contributed by atoms with Gasteiger partial charge in [-0.25, -0.2) is 23.5 Å². The van der Waals surface area contributed by atoms with Gasteiger partial charge in [0.25, 0.3) is 5.91 Å². The summed E-state index contributed by atoms with van der Waals surface area (Å²) in [7, 11) is 2.84. The molecule has 0 saturated carbocycles. The van der Waals surface area contributed by atoms with Crippen molar-refractivity contribution in [2.45, 2.75) is 25.0 Å². The molecule has 0 spiro atoms. The van der Waals surface area contributed by atoms with Gasteiger partial charge < -0.3 is 35.2 Å². The number of aromatic nitrogens is 4. The number of nitrogens with zero attached hydrogens (tertiary/aromatic N) is 5. The predicted molar refractivity (Wildman–Crippen MR) is 156 cm³/mol. The van der Waals surface area contributed by atoms with Gasteiger partial charge in [-0.15, -0.1) is 0 Å². The topological polar surface area (TPSA) is 164 Å². The Balaban J connectivity index is 1.58. The minimum atomic E-state index is -1.23. The standard InChI is InChI=1S/C28H28ClF2N7O6/c1-43-8-7-38-24-16(11-33-38)25(37-12-14(34-28(41)42)9-15(37)13-39)20(10-18(24)30)36-27(40)19-5-6-32-26(35-19)22-21(44-2)4-3-17(29)23(22)31/h3-6,10-11,14-15,34,39H,7-9,12-13H2,1-2H3,(H,36,40)(H,41,42)/t14-,15-/m0/s1. The molecule has 1 aliphatic rings. The number of carbonyl (C=O) groups is 2. The molecule has 16 heteroatoms. The number of ether oxygens (including phenoxy) is 2. The third-order valence-electron chi connectivity index (χ3n) is 7.23. The smallest absolute Gasteiger partial charge is 0.404 e. The van der Waals surface area contributed by atoms with Crippen molar-refractivity contribution in [3.63, 3.8) is 0 Å². The zero-order valence-corrected chi connectivity index (χ0v) is 24.3. The highest BCUT2D eigenvalue weighted by Gasteiger charge is 2.36. The maximum absolute atomic E-state index is 15.7. The number of methoxy groups -OCH3 is 2. The van der Waals surface area contributed by atoms with E-state index < -0.39 is 35.7 Å². The molecule has 0 unspecified atom stereocenters. The summed E-state index contributed by atoms with van der Waals surface area (Å²) >= 11 is 5.96. The Morgan fingerprint density at radius 3 is 2.73 bits per heavy atom. The van der Waals surface area contributed by atoms with Gasteiger partial charge in [0.2, 0.25) is 0 Å². The molecule has 0 bridgehead atoms. The summed E-state index contributed by atoms with van der Waals surface area (Å²) in [6.45, 7) is 0.271. The summed E-state index contributed by atoms with van der Waals surface area (Å²) in [5.74, 6) is -2.38. The summed E-state index contributed by atoms with van der Waals surface area (Å²) in [6.07, 6.45) is 1.72. The molecule has 1 saturated heterocycles. The first kappa shape index (κ1) is 30.8. The molecule has 44 heavy (non-hydrogen) atoms. The maximum atomic E-state index is 15.7. The van der Waals surface area contributed by atoms with Crippen molar-refractivity contribution in [1.82, 2.24) is 25.1 Å². The van der Waals surface area contributed by atoms with E-state index in [0.29, 0.717) is 11.1 Å². The van der Waals surface area contributed by atoms with Crippen LogP contribution in [0.5, 0.6) is 5.75 Å². The van der Waals surface area contributed by atoms with Crippen molar-refractivity contribution in [2.24, 2.45) is 0 Å². The number of hydrogen-bond acceptors (Lipinski definition) is 9. The van der Waals surface area contributed by atoms with Crippen molar-refractivity contribution in [3.8, 4) is 17.1 Å². The van der Waals surface area contributed by atoms with Crippen LogP contribution in [-0.2, 0) is 11.3 Å². The molecule has 4 aromatic rings. The fourth-order valence-electron chi connectivity index (χ4n) is 5.32. The molecule has 1 aliphatic heterocycles. The van der Waals surface area contributed by atoms with E-state index in [1.54, 1.807) is 4.90 Å². The van der Waals surface area contributed by atoms with E-state index in [0.717, 1.165) is 6.07 Å². The molecular weight excluding hydrogens is 604 g/mol. The molecule has 0 radical (unpaired) electrons. The van der Waals surface area contributed by atoms with Crippen LogP contribution in [0, 0.1) is 11.6 Å². The van der Waals surface area contributed by atoms with Gasteiger partial charge >= 0.3 is 6.09 Å². The average molecular weight is 632 g/mol. The lowest BCUT2D eigenvalue weighted by Gasteiger charge is -2.28. The van der Waals surface area contributed by atoms with Crippen LogP contribution in [0.1, 0.15) is 16.9 Å². The van der Waals surface area contributed by atoms with Gasteiger partial charge in [0.1, 0.15) is 17.0 Å². The zero-order valence-electron chi connectivity index (χ0n) is 23.6. The molecule has 2 amide bonds. The maximum Gasteiger partial charge on any atom is 0.404 e. The van der Waals surface area contributed by atoms with Gasteiger partial charge in [-0.05, 0) is 24.6 Å². The Morgan fingerprint density at radius 1 is 1.23 bits per heavy atom. The summed E-state index contributed by atoms with van der Waals surface area (Å²) in [5, 5.41) is 29.0. The average Bonchev–Trinajstić information content (AvgIpc) is 3.61. The van der Waals surface area contributed by atoms with Gasteiger partial charge in [-0.2, -0.15) is 5.10 Å². The molecule has 5 rings (SSSR count). The summed E-state index contributed by atoms with van der Waals surface area (Å²) in [6, 6.07) is 4.05. The fraction of sp³-hybridized carbons (Fsp3) is 0.321. The number of rotatable bonds is 10. The van der Waals surface area contributed by atoms with E-state index >= 15 is 4.39 Å². The number of carbonyl (C=O) groups excluding carboxylic acids is 1. The molecule has 3 heterocycles. The second-order valence-electron chi connectivity index (χ2n) is 9.91. The van der Waals surface area contributed by atoms with Gasteiger partial charge in [-0.1, -0.05) is 11.6 Å². The highest BCUT2D eigenvalue weighted by Crippen LogP contribution is 2.40. The Kier molecular flexibility index (Phi) is 9.08. The Labute approximate surface area is 254 Å². The van der Waals surface area contributed by atoms with Crippen LogP contribution in [-0.4, -0.2) is 88.0 Å². The van der Waals surface area contributed by atoms with Gasteiger partial charge in [-0.3, -0.25) is 9.48 Å². The number of anilines is 2. The SMILES string of the molecule is COCCn1ncc2c(N3C[C@@H](NC(=O)O)C[C@H]3CO)c(NC(=O)c3ccnc(-c4c(OC)ccc(Cl)c4F)n3)cc(F)c21. The van der Waals surface area contributed by atoms with Crippen LogP contribution < -0.4 is 20.3 Å². The highest BCUT2D eigenvalue weighted by molar-refractivity contribution is 6.31. The monoisotopic (exact) mass is 631 g/mol. The first-order valence-corrected chi connectivity index (χ1v) is 13.7. The largest absolute Gasteiger partial charge is 0.496 e. The third kappa shape index (κ3) is 5.93. The van der Waals surface area contributed by atoms with Crippen LogP contribution >= 0.6 is 11.6 Å². The lowest BCUT2D eigenvalue weighted by molar-refractivity contribution is 0.102. The number of amides is 2. The number of halogens is 3. The second kappa shape index (κ2) is 13.0. The molecule has 4 N–H and O–H groups in total. The van der Waals surface area contributed by atoms with Crippen molar-refractivity contribution >= 4 is 45.9 Å². The van der Waals surface area contributed by atoms with Gasteiger partial charge in [0.15, 0.2) is 17.5 Å². The predicted octanol–water partition coefficient (Wildman–Crippen LogP) is 3.54. The normalized spacial score (nSPS) is 16.4. The van der Waals surface area contributed by atoms with Crippen molar-refractivity contribution in [2.75, 3.05) is 44.2 Å². The van der Waals surface area contributed by atoms with Gasteiger partial charge in [0.05, 0.1) is 67.1 Å². The van der Waals surface area contributed by atoms with Crippen molar-refractivity contribution in [1.29, 1.82) is 0 Å². The molecule has 13 nitrogen and oxygen atoms in total. The molecule has 2 aromatic carbocycles. The van der Waals surface area contributed by atoms with Crippen LogP contribution in [0.4, 0.5) is 25.0 Å².